The van der Waals surface area contributed by atoms with Crippen molar-refractivity contribution in [2.45, 2.75) is 37.8 Å². The summed E-state index contributed by atoms with van der Waals surface area (Å²) in [5.41, 5.74) is 0. The van der Waals surface area contributed by atoms with Crippen molar-refractivity contribution < 1.29 is 13.2 Å². The van der Waals surface area contributed by atoms with Crippen molar-refractivity contribution in [1.29, 1.82) is 0 Å². The Balaban J connectivity index is 2.46. The van der Waals surface area contributed by atoms with Gasteiger partial charge < -0.3 is 10.1 Å². The first kappa shape index (κ1) is 14.0. The molecule has 0 amide bonds. The Morgan fingerprint density at radius 2 is 2.25 bits per heavy atom. The van der Waals surface area contributed by atoms with E-state index < -0.39 is 15.2 Å². The molecule has 16 heavy (non-hydrogen) atoms. The van der Waals surface area contributed by atoms with Crippen LogP contribution in [0.25, 0.3) is 0 Å². The summed E-state index contributed by atoms with van der Waals surface area (Å²) in [6.45, 7) is 3.88. The van der Waals surface area contributed by atoms with Gasteiger partial charge in [0.15, 0.2) is 9.84 Å². The Bertz CT molecular complexity index is 358. The standard InChI is InChI=1S/C9H16ClNO3S2/c1-3-6(2)14-9(15)11-8-5-16(12,13)4-7(8)10/h6-8H,3-5H2,1-2H3,(H,11,15)/t6-,7-,8+/m0/s1. The van der Waals surface area contributed by atoms with Gasteiger partial charge in [0.2, 0.25) is 0 Å². The summed E-state index contributed by atoms with van der Waals surface area (Å²) in [7, 11) is -3.03. The molecule has 1 rings (SSSR count). The molecule has 0 aromatic heterocycles. The highest BCUT2D eigenvalue weighted by Crippen LogP contribution is 2.18. The number of alkyl halides is 1. The number of hydrogen-bond donors (Lipinski definition) is 1. The summed E-state index contributed by atoms with van der Waals surface area (Å²) in [6.07, 6.45) is 0.863. The highest BCUT2D eigenvalue weighted by Gasteiger charge is 2.37. The van der Waals surface area contributed by atoms with Gasteiger partial charge in [-0.25, -0.2) is 8.42 Å². The summed E-state index contributed by atoms with van der Waals surface area (Å²) < 4.78 is 28.0. The third-order valence-corrected chi connectivity index (χ3v) is 5.06. The molecule has 1 aliphatic heterocycles. The van der Waals surface area contributed by atoms with Crippen LogP contribution in [0, 0.1) is 0 Å². The second-order valence-corrected chi connectivity index (χ2v) is 7.05. The molecule has 1 saturated heterocycles. The molecule has 7 heteroatoms. The van der Waals surface area contributed by atoms with Crippen molar-refractivity contribution >= 4 is 38.8 Å². The summed E-state index contributed by atoms with van der Waals surface area (Å²) in [5, 5.41) is 2.63. The molecule has 0 spiro atoms. The van der Waals surface area contributed by atoms with Crippen molar-refractivity contribution in [3.05, 3.63) is 0 Å². The molecule has 4 nitrogen and oxygen atoms in total. The zero-order chi connectivity index (χ0) is 12.3. The minimum Gasteiger partial charge on any atom is -0.468 e. The number of nitrogens with one attached hydrogen (secondary N) is 1. The summed E-state index contributed by atoms with van der Waals surface area (Å²) in [5.74, 6) is 0.0172. The van der Waals surface area contributed by atoms with Crippen LogP contribution in [0.4, 0.5) is 0 Å². The van der Waals surface area contributed by atoms with Crippen molar-refractivity contribution in [2.24, 2.45) is 0 Å². The van der Waals surface area contributed by atoms with Gasteiger partial charge in [-0.15, -0.1) is 11.6 Å². The van der Waals surface area contributed by atoms with E-state index in [2.05, 4.69) is 5.32 Å². The zero-order valence-corrected chi connectivity index (χ0v) is 11.7. The van der Waals surface area contributed by atoms with E-state index in [-0.39, 0.29) is 28.8 Å². The maximum Gasteiger partial charge on any atom is 0.257 e. The molecule has 0 aromatic carbocycles. The highest BCUT2D eigenvalue weighted by molar-refractivity contribution is 7.91. The SMILES string of the molecule is CC[C@H](C)OC(=S)N[C@@H]1CS(=O)(=O)C[C@@H]1Cl. The molecule has 0 unspecified atom stereocenters. The molecule has 3 atom stereocenters. The average molecular weight is 286 g/mol. The summed E-state index contributed by atoms with van der Waals surface area (Å²) >= 11 is 10.9. The first-order valence-corrected chi connectivity index (χ1v) is 7.82. The first-order valence-electron chi connectivity index (χ1n) is 5.15. The molecule has 0 aromatic rings. The van der Waals surface area contributed by atoms with E-state index in [0.717, 1.165) is 6.42 Å². The zero-order valence-electron chi connectivity index (χ0n) is 9.27. The minimum absolute atomic E-state index is 0.00182. The fourth-order valence-corrected chi connectivity index (χ4v) is 4.25. The fraction of sp³-hybridized carbons (Fsp3) is 0.889. The van der Waals surface area contributed by atoms with E-state index in [1.807, 2.05) is 13.8 Å². The van der Waals surface area contributed by atoms with Crippen LogP contribution in [0.3, 0.4) is 0 Å². The smallest absolute Gasteiger partial charge is 0.257 e. The number of sulfone groups is 1. The van der Waals surface area contributed by atoms with E-state index in [1.54, 1.807) is 0 Å². The van der Waals surface area contributed by atoms with Crippen LogP contribution in [0.15, 0.2) is 0 Å². The quantitative estimate of drug-likeness (QED) is 0.621. The monoisotopic (exact) mass is 285 g/mol. The third-order valence-electron chi connectivity index (χ3n) is 2.47. The Kier molecular flexibility index (Phi) is 4.82. The maximum atomic E-state index is 11.3. The van der Waals surface area contributed by atoms with Gasteiger partial charge in [-0.1, -0.05) is 6.92 Å². The van der Waals surface area contributed by atoms with Gasteiger partial charge in [-0.3, -0.25) is 0 Å². The molecule has 1 aliphatic rings. The van der Waals surface area contributed by atoms with Crippen molar-refractivity contribution in [3.8, 4) is 0 Å². The van der Waals surface area contributed by atoms with Crippen molar-refractivity contribution in [1.82, 2.24) is 5.32 Å². The Labute approximate surface area is 107 Å². The van der Waals surface area contributed by atoms with Crippen LogP contribution < -0.4 is 5.32 Å². The van der Waals surface area contributed by atoms with E-state index in [0.29, 0.717) is 0 Å². The lowest BCUT2D eigenvalue weighted by molar-refractivity contribution is 0.198. The highest BCUT2D eigenvalue weighted by atomic mass is 35.5. The predicted molar refractivity (Wildman–Crippen MR) is 68.7 cm³/mol. The summed E-state index contributed by atoms with van der Waals surface area (Å²) in [4.78, 5) is 0. The minimum atomic E-state index is -3.03. The Morgan fingerprint density at radius 1 is 1.62 bits per heavy atom. The second-order valence-electron chi connectivity index (χ2n) is 3.97. The molecule has 0 saturated carbocycles. The third kappa shape index (κ3) is 4.07. The van der Waals surface area contributed by atoms with Crippen LogP contribution in [0.2, 0.25) is 0 Å². The molecule has 94 valence electrons. The van der Waals surface area contributed by atoms with E-state index in [4.69, 9.17) is 28.6 Å². The molecule has 1 N–H and O–H groups in total. The molecule has 1 fully saturated rings. The largest absolute Gasteiger partial charge is 0.468 e. The number of hydrogen-bond acceptors (Lipinski definition) is 4. The molecule has 1 heterocycles. The summed E-state index contributed by atoms with van der Waals surface area (Å²) in [6, 6.07) is -0.344. The Hall–Kier alpha value is -0.0700. The lowest BCUT2D eigenvalue weighted by Gasteiger charge is -2.19. The number of halogens is 1. The van der Waals surface area contributed by atoms with Gasteiger partial charge in [0.05, 0.1) is 29.0 Å². The van der Waals surface area contributed by atoms with Crippen LogP contribution in [-0.4, -0.2) is 42.6 Å². The van der Waals surface area contributed by atoms with Crippen LogP contribution in [0.1, 0.15) is 20.3 Å². The average Bonchev–Trinajstić information content (AvgIpc) is 2.39. The van der Waals surface area contributed by atoms with Gasteiger partial charge in [-0.2, -0.15) is 0 Å². The van der Waals surface area contributed by atoms with Gasteiger partial charge in [0.1, 0.15) is 0 Å². The fourth-order valence-electron chi connectivity index (χ4n) is 1.39. The lowest BCUT2D eigenvalue weighted by atomic mass is 10.2. The molecular formula is C9H16ClNO3S2. The normalized spacial score (nSPS) is 29.7. The predicted octanol–water partition coefficient (Wildman–Crippen LogP) is 1.08. The van der Waals surface area contributed by atoms with Crippen LogP contribution in [0.5, 0.6) is 0 Å². The van der Waals surface area contributed by atoms with Gasteiger partial charge in [0.25, 0.3) is 5.17 Å². The molecular weight excluding hydrogens is 270 g/mol. The van der Waals surface area contributed by atoms with Crippen LogP contribution in [-0.2, 0) is 14.6 Å². The molecule has 0 aliphatic carbocycles. The van der Waals surface area contributed by atoms with Crippen molar-refractivity contribution in [3.63, 3.8) is 0 Å². The van der Waals surface area contributed by atoms with Gasteiger partial charge >= 0.3 is 0 Å². The second kappa shape index (κ2) is 5.51. The Morgan fingerprint density at radius 3 is 2.69 bits per heavy atom. The van der Waals surface area contributed by atoms with Gasteiger partial charge in [-0.05, 0) is 25.6 Å². The molecule has 0 bridgehead atoms. The van der Waals surface area contributed by atoms with E-state index in [1.165, 1.54) is 0 Å². The van der Waals surface area contributed by atoms with Gasteiger partial charge in [0, 0.05) is 0 Å². The number of rotatable bonds is 3. The first-order chi connectivity index (χ1) is 7.34. The van der Waals surface area contributed by atoms with E-state index in [9.17, 15) is 8.42 Å². The number of thiocarbonyl (C=S) groups is 1. The van der Waals surface area contributed by atoms with E-state index >= 15 is 0 Å². The maximum absolute atomic E-state index is 11.3. The van der Waals surface area contributed by atoms with Crippen LogP contribution >= 0.6 is 23.8 Å². The number of ether oxygens (including phenoxy) is 1. The lowest BCUT2D eigenvalue weighted by Crippen LogP contribution is -2.41. The topological polar surface area (TPSA) is 55.4 Å². The van der Waals surface area contributed by atoms with Crippen molar-refractivity contribution in [2.75, 3.05) is 11.5 Å². The molecule has 0 radical (unpaired) electrons.